The Hall–Kier alpha value is -1.15. The highest BCUT2D eigenvalue weighted by Crippen LogP contribution is 2.32. The van der Waals surface area contributed by atoms with Gasteiger partial charge in [-0.1, -0.05) is 23.7 Å². The highest BCUT2D eigenvalue weighted by molar-refractivity contribution is 6.32. The molecule has 1 atom stereocenters. The molecule has 0 spiro atoms. The molecule has 0 bridgehead atoms. The van der Waals surface area contributed by atoms with E-state index >= 15 is 0 Å². The van der Waals surface area contributed by atoms with Crippen LogP contribution in [0.1, 0.15) is 22.3 Å². The van der Waals surface area contributed by atoms with Crippen LogP contribution in [0, 0.1) is 5.92 Å². The molecule has 1 aliphatic rings. The van der Waals surface area contributed by atoms with Crippen LogP contribution in [-0.4, -0.2) is 12.1 Å². The van der Waals surface area contributed by atoms with E-state index in [0.717, 1.165) is 11.8 Å². The minimum Gasteiger partial charge on any atom is -0.303 e. The third-order valence-electron chi connectivity index (χ3n) is 2.59. The van der Waals surface area contributed by atoms with Crippen LogP contribution >= 0.6 is 11.6 Å². The van der Waals surface area contributed by atoms with Gasteiger partial charge in [0.2, 0.25) is 0 Å². The third-order valence-corrected chi connectivity index (χ3v) is 2.94. The van der Waals surface area contributed by atoms with Crippen molar-refractivity contribution in [3.05, 3.63) is 34.3 Å². The van der Waals surface area contributed by atoms with E-state index in [1.807, 2.05) is 0 Å². The van der Waals surface area contributed by atoms with Crippen molar-refractivity contribution in [1.82, 2.24) is 0 Å². The van der Waals surface area contributed by atoms with Gasteiger partial charge in [0, 0.05) is 22.9 Å². The maximum Gasteiger partial charge on any atom is 0.167 e. The van der Waals surface area contributed by atoms with Gasteiger partial charge in [-0.05, 0) is 18.1 Å². The maximum atomic E-state index is 11.7. The molecule has 1 aromatic carbocycles. The zero-order valence-electron chi connectivity index (χ0n) is 7.50. The van der Waals surface area contributed by atoms with Crippen molar-refractivity contribution in [1.29, 1.82) is 0 Å². The number of hydrogen-bond acceptors (Lipinski definition) is 2. The lowest BCUT2D eigenvalue weighted by Crippen LogP contribution is -2.08. The molecule has 1 aliphatic carbocycles. The Morgan fingerprint density at radius 2 is 2.29 bits per heavy atom. The predicted octanol–water partition coefficient (Wildman–Crippen LogP) is 2.28. The Balaban J connectivity index is 2.40. The third kappa shape index (κ3) is 1.36. The van der Waals surface area contributed by atoms with E-state index in [1.54, 1.807) is 18.2 Å². The average Bonchev–Trinajstić information content (AvgIpc) is 2.48. The quantitative estimate of drug-likeness (QED) is 0.699. The van der Waals surface area contributed by atoms with Crippen molar-refractivity contribution in [3.8, 4) is 0 Å². The standard InChI is InChI=1S/C11H9ClO2/c12-10-3-1-2-8-9(10)6-7(4-5-13)11(8)14/h1-3,5,7H,4,6H2. The first kappa shape index (κ1) is 9.41. The number of carbonyl (C=O) groups is 2. The largest absolute Gasteiger partial charge is 0.303 e. The molecule has 0 saturated heterocycles. The molecule has 0 fully saturated rings. The predicted molar refractivity (Wildman–Crippen MR) is 53.7 cm³/mol. The second kappa shape index (κ2) is 3.54. The molecule has 0 saturated carbocycles. The first-order chi connectivity index (χ1) is 6.74. The van der Waals surface area contributed by atoms with Crippen LogP contribution in [0.2, 0.25) is 5.02 Å². The van der Waals surface area contributed by atoms with E-state index in [9.17, 15) is 9.59 Å². The Morgan fingerprint density at radius 3 is 2.93 bits per heavy atom. The zero-order chi connectivity index (χ0) is 10.1. The lowest BCUT2D eigenvalue weighted by molar-refractivity contribution is -0.108. The molecule has 0 amide bonds. The number of rotatable bonds is 2. The normalized spacial score (nSPS) is 19.5. The van der Waals surface area contributed by atoms with Gasteiger partial charge in [0.25, 0.3) is 0 Å². The summed E-state index contributed by atoms with van der Waals surface area (Å²) < 4.78 is 0. The highest BCUT2D eigenvalue weighted by atomic mass is 35.5. The van der Waals surface area contributed by atoms with Crippen LogP contribution in [0.4, 0.5) is 0 Å². The van der Waals surface area contributed by atoms with Crippen molar-refractivity contribution in [3.63, 3.8) is 0 Å². The van der Waals surface area contributed by atoms with Crippen LogP contribution in [0.25, 0.3) is 0 Å². The van der Waals surface area contributed by atoms with Crippen LogP contribution in [0.15, 0.2) is 18.2 Å². The molecule has 2 nitrogen and oxygen atoms in total. The summed E-state index contributed by atoms with van der Waals surface area (Å²) in [5.74, 6) is -0.142. The Morgan fingerprint density at radius 1 is 1.50 bits per heavy atom. The van der Waals surface area contributed by atoms with Gasteiger partial charge in [-0.25, -0.2) is 0 Å². The molecule has 2 rings (SSSR count). The van der Waals surface area contributed by atoms with Gasteiger partial charge in [0.05, 0.1) is 0 Å². The first-order valence-corrected chi connectivity index (χ1v) is 4.87. The first-order valence-electron chi connectivity index (χ1n) is 4.49. The van der Waals surface area contributed by atoms with Gasteiger partial charge >= 0.3 is 0 Å². The fourth-order valence-corrected chi connectivity index (χ4v) is 2.11. The van der Waals surface area contributed by atoms with Gasteiger partial charge in [0.15, 0.2) is 5.78 Å². The number of benzene rings is 1. The summed E-state index contributed by atoms with van der Waals surface area (Å²) in [7, 11) is 0. The molecule has 1 aromatic rings. The minimum absolute atomic E-state index is 0.0506. The number of Topliss-reactive ketones (excluding diaryl/α,β-unsaturated/α-hetero) is 1. The fourth-order valence-electron chi connectivity index (χ4n) is 1.86. The number of ketones is 1. The van der Waals surface area contributed by atoms with Gasteiger partial charge in [-0.2, -0.15) is 0 Å². The van der Waals surface area contributed by atoms with Gasteiger partial charge < -0.3 is 4.79 Å². The number of fused-ring (bicyclic) bond motifs is 1. The lowest BCUT2D eigenvalue weighted by Gasteiger charge is -1.99. The number of halogens is 1. The summed E-state index contributed by atoms with van der Waals surface area (Å²) in [5, 5.41) is 0.629. The summed E-state index contributed by atoms with van der Waals surface area (Å²) in [4.78, 5) is 22.1. The molecule has 1 unspecified atom stereocenters. The molecule has 0 aliphatic heterocycles. The van der Waals surface area contributed by atoms with Crippen molar-refractivity contribution in [2.24, 2.45) is 5.92 Å². The summed E-state index contributed by atoms with van der Waals surface area (Å²) in [6, 6.07) is 5.31. The van der Waals surface area contributed by atoms with Crippen molar-refractivity contribution in [2.75, 3.05) is 0 Å². The van der Waals surface area contributed by atoms with Crippen LogP contribution in [0.5, 0.6) is 0 Å². The van der Waals surface area contributed by atoms with Gasteiger partial charge in [-0.3, -0.25) is 4.79 Å². The van der Waals surface area contributed by atoms with E-state index in [1.165, 1.54) is 0 Å². The molecular formula is C11H9ClO2. The maximum absolute atomic E-state index is 11.7. The van der Waals surface area contributed by atoms with Crippen LogP contribution < -0.4 is 0 Å². The summed E-state index contributed by atoms with van der Waals surface area (Å²) >= 11 is 5.96. The fraction of sp³-hybridized carbons (Fsp3) is 0.273. The number of carbonyl (C=O) groups excluding carboxylic acids is 2. The molecule has 72 valence electrons. The Labute approximate surface area is 86.9 Å². The minimum atomic E-state index is -0.192. The van der Waals surface area contributed by atoms with Crippen LogP contribution in [-0.2, 0) is 11.2 Å². The second-order valence-corrected chi connectivity index (χ2v) is 3.84. The van der Waals surface area contributed by atoms with Crippen molar-refractivity contribution >= 4 is 23.7 Å². The summed E-state index contributed by atoms with van der Waals surface area (Å²) in [6.45, 7) is 0. The highest BCUT2D eigenvalue weighted by Gasteiger charge is 2.31. The molecule has 0 aromatic heterocycles. The van der Waals surface area contributed by atoms with E-state index in [0.29, 0.717) is 23.4 Å². The van der Waals surface area contributed by atoms with Gasteiger partial charge in [0.1, 0.15) is 6.29 Å². The molecule has 3 heteroatoms. The topological polar surface area (TPSA) is 34.1 Å². The van der Waals surface area contributed by atoms with Gasteiger partial charge in [-0.15, -0.1) is 0 Å². The summed E-state index contributed by atoms with van der Waals surface area (Å²) in [6.07, 6.45) is 1.69. The smallest absolute Gasteiger partial charge is 0.167 e. The number of hydrogen-bond donors (Lipinski definition) is 0. The molecule has 0 radical (unpaired) electrons. The van der Waals surface area contributed by atoms with E-state index in [4.69, 9.17) is 11.6 Å². The lowest BCUT2D eigenvalue weighted by atomic mass is 10.0. The monoisotopic (exact) mass is 208 g/mol. The molecule has 14 heavy (non-hydrogen) atoms. The van der Waals surface area contributed by atoms with Crippen LogP contribution in [0.3, 0.4) is 0 Å². The average molecular weight is 209 g/mol. The molecule has 0 N–H and O–H groups in total. The Kier molecular flexibility index (Phi) is 2.38. The molecule has 0 heterocycles. The van der Waals surface area contributed by atoms with E-state index in [-0.39, 0.29) is 11.7 Å². The summed E-state index contributed by atoms with van der Waals surface area (Å²) in [5.41, 5.74) is 1.58. The van der Waals surface area contributed by atoms with E-state index < -0.39 is 0 Å². The zero-order valence-corrected chi connectivity index (χ0v) is 8.25. The number of aldehydes is 1. The SMILES string of the molecule is O=CCC1Cc2c(Cl)cccc2C1=O. The van der Waals surface area contributed by atoms with E-state index in [2.05, 4.69) is 0 Å². The van der Waals surface area contributed by atoms with Crippen molar-refractivity contribution in [2.45, 2.75) is 12.8 Å². The molecular weight excluding hydrogens is 200 g/mol. The Bertz CT molecular complexity index is 398. The second-order valence-electron chi connectivity index (χ2n) is 3.43. The van der Waals surface area contributed by atoms with Crippen molar-refractivity contribution < 1.29 is 9.59 Å².